The van der Waals surface area contributed by atoms with Gasteiger partial charge in [-0.2, -0.15) is 5.10 Å². The van der Waals surface area contributed by atoms with E-state index >= 15 is 0 Å². The van der Waals surface area contributed by atoms with E-state index in [4.69, 9.17) is 5.41 Å². The molecular formula is C6H10N4. The van der Waals surface area contributed by atoms with E-state index in [0.717, 1.165) is 5.82 Å². The molecule has 1 rings (SSSR count). The second-order valence-electron chi connectivity index (χ2n) is 2.23. The molecule has 0 aliphatic heterocycles. The van der Waals surface area contributed by atoms with Crippen molar-refractivity contribution in [3.8, 4) is 0 Å². The van der Waals surface area contributed by atoms with Gasteiger partial charge in [0.1, 0.15) is 5.82 Å². The number of hydrogen-bond donors (Lipinski definition) is 2. The molecule has 1 unspecified atom stereocenters. The zero-order valence-corrected chi connectivity index (χ0v) is 6.05. The second kappa shape index (κ2) is 2.60. The summed E-state index contributed by atoms with van der Waals surface area (Å²) in [5.41, 5.74) is 0. The summed E-state index contributed by atoms with van der Waals surface area (Å²) in [6.45, 7) is 3.72. The molecule has 1 heterocycles. The highest BCUT2D eigenvalue weighted by atomic mass is 15.2. The summed E-state index contributed by atoms with van der Waals surface area (Å²) in [6.07, 6.45) is 1.32. The average Bonchev–Trinajstić information content (AvgIpc) is 2.34. The number of aryl methyl sites for hydroxylation is 1. The Balaban J connectivity index is 2.84. The number of nitrogens with one attached hydrogen (secondary N) is 2. The maximum atomic E-state index is 6.94. The van der Waals surface area contributed by atoms with Gasteiger partial charge in [0.05, 0.1) is 5.92 Å². The van der Waals surface area contributed by atoms with E-state index in [1.807, 2.05) is 13.8 Å². The third-order valence-electron chi connectivity index (χ3n) is 1.27. The first kappa shape index (κ1) is 6.92. The van der Waals surface area contributed by atoms with Gasteiger partial charge in [0.15, 0.2) is 5.82 Å². The lowest BCUT2D eigenvalue weighted by atomic mass is 10.2. The zero-order valence-electron chi connectivity index (χ0n) is 6.05. The molecule has 0 spiro atoms. The number of aromatic amines is 1. The minimum absolute atomic E-state index is 0.0185. The first-order valence-electron chi connectivity index (χ1n) is 3.13. The fraction of sp³-hybridized carbons (Fsp3) is 0.500. The van der Waals surface area contributed by atoms with Crippen molar-refractivity contribution in [2.45, 2.75) is 19.8 Å². The van der Waals surface area contributed by atoms with Crippen molar-refractivity contribution < 1.29 is 0 Å². The summed E-state index contributed by atoms with van der Waals surface area (Å²) < 4.78 is 0. The van der Waals surface area contributed by atoms with E-state index < -0.39 is 0 Å². The Morgan fingerprint density at radius 3 is 2.80 bits per heavy atom. The molecule has 0 saturated heterocycles. The minimum atomic E-state index is 0.0185. The Morgan fingerprint density at radius 1 is 1.70 bits per heavy atom. The molecule has 0 amide bonds. The van der Waals surface area contributed by atoms with E-state index in [2.05, 4.69) is 15.2 Å². The van der Waals surface area contributed by atoms with Gasteiger partial charge in [-0.1, -0.05) is 6.92 Å². The van der Waals surface area contributed by atoms with Gasteiger partial charge in [-0.3, -0.25) is 5.10 Å². The van der Waals surface area contributed by atoms with Crippen LogP contribution in [0.3, 0.4) is 0 Å². The molecule has 0 radical (unpaired) electrons. The highest BCUT2D eigenvalue weighted by Gasteiger charge is 2.05. The Morgan fingerprint density at radius 2 is 2.40 bits per heavy atom. The van der Waals surface area contributed by atoms with Gasteiger partial charge in [-0.15, -0.1) is 0 Å². The molecule has 4 heteroatoms. The van der Waals surface area contributed by atoms with E-state index in [1.54, 1.807) is 0 Å². The normalized spacial score (nSPS) is 13.0. The fourth-order valence-corrected chi connectivity index (χ4v) is 0.638. The number of nitrogens with zero attached hydrogens (tertiary/aromatic N) is 2. The monoisotopic (exact) mass is 138 g/mol. The predicted octanol–water partition coefficient (Wildman–Crippen LogP) is 0.866. The van der Waals surface area contributed by atoms with Crippen molar-refractivity contribution in [3.63, 3.8) is 0 Å². The van der Waals surface area contributed by atoms with Crippen LogP contribution in [0.25, 0.3) is 0 Å². The molecule has 1 aromatic heterocycles. The Labute approximate surface area is 59.2 Å². The largest absolute Gasteiger partial charge is 0.312 e. The van der Waals surface area contributed by atoms with Crippen LogP contribution in [0.4, 0.5) is 0 Å². The molecule has 0 fully saturated rings. The van der Waals surface area contributed by atoms with Crippen LogP contribution in [0, 0.1) is 12.3 Å². The SMILES string of the molecule is Cc1nc(C(C)C=N)n[nH]1. The quantitative estimate of drug-likeness (QED) is 0.595. The number of aromatic nitrogens is 3. The van der Waals surface area contributed by atoms with Crippen LogP contribution in [-0.4, -0.2) is 21.4 Å². The fourth-order valence-electron chi connectivity index (χ4n) is 0.638. The molecule has 2 N–H and O–H groups in total. The lowest BCUT2D eigenvalue weighted by Crippen LogP contribution is -1.95. The van der Waals surface area contributed by atoms with Crippen LogP contribution in [0.5, 0.6) is 0 Å². The topological polar surface area (TPSA) is 65.4 Å². The van der Waals surface area contributed by atoms with Crippen molar-refractivity contribution in [1.82, 2.24) is 15.2 Å². The summed E-state index contributed by atoms with van der Waals surface area (Å²) >= 11 is 0. The highest BCUT2D eigenvalue weighted by Crippen LogP contribution is 2.04. The summed E-state index contributed by atoms with van der Waals surface area (Å²) in [6, 6.07) is 0. The molecule has 0 aliphatic carbocycles. The van der Waals surface area contributed by atoms with Gasteiger partial charge in [0.2, 0.25) is 0 Å². The third kappa shape index (κ3) is 1.21. The first-order chi connectivity index (χ1) is 4.74. The molecule has 0 saturated carbocycles. The highest BCUT2D eigenvalue weighted by molar-refractivity contribution is 5.61. The van der Waals surface area contributed by atoms with Gasteiger partial charge >= 0.3 is 0 Å². The van der Waals surface area contributed by atoms with Gasteiger partial charge in [0, 0.05) is 6.21 Å². The van der Waals surface area contributed by atoms with Crippen molar-refractivity contribution in [2.24, 2.45) is 0 Å². The third-order valence-corrected chi connectivity index (χ3v) is 1.27. The molecule has 1 aromatic rings. The molecule has 0 bridgehead atoms. The second-order valence-corrected chi connectivity index (χ2v) is 2.23. The van der Waals surface area contributed by atoms with E-state index in [0.29, 0.717) is 5.82 Å². The molecular weight excluding hydrogens is 128 g/mol. The number of hydrogen-bond acceptors (Lipinski definition) is 3. The van der Waals surface area contributed by atoms with Crippen LogP contribution >= 0.6 is 0 Å². The molecule has 0 aliphatic rings. The zero-order chi connectivity index (χ0) is 7.56. The van der Waals surface area contributed by atoms with Gasteiger partial charge in [0.25, 0.3) is 0 Å². The number of H-pyrrole nitrogens is 1. The minimum Gasteiger partial charge on any atom is -0.312 e. The predicted molar refractivity (Wildman–Crippen MR) is 38.3 cm³/mol. The van der Waals surface area contributed by atoms with Crippen LogP contribution in [0.15, 0.2) is 0 Å². The standard InChI is InChI=1S/C6H10N4/c1-4(3-7)6-8-5(2)9-10-6/h3-4,7H,1-2H3,(H,8,9,10). The van der Waals surface area contributed by atoms with Crippen LogP contribution < -0.4 is 0 Å². The van der Waals surface area contributed by atoms with Crippen molar-refractivity contribution in [2.75, 3.05) is 0 Å². The van der Waals surface area contributed by atoms with Crippen LogP contribution in [-0.2, 0) is 0 Å². The number of rotatable bonds is 2. The van der Waals surface area contributed by atoms with E-state index in [9.17, 15) is 0 Å². The van der Waals surface area contributed by atoms with Crippen molar-refractivity contribution in [1.29, 1.82) is 5.41 Å². The van der Waals surface area contributed by atoms with E-state index in [-0.39, 0.29) is 5.92 Å². The summed E-state index contributed by atoms with van der Waals surface area (Å²) in [5.74, 6) is 1.50. The van der Waals surface area contributed by atoms with Gasteiger partial charge in [-0.05, 0) is 6.92 Å². The smallest absolute Gasteiger partial charge is 0.158 e. The average molecular weight is 138 g/mol. The lowest BCUT2D eigenvalue weighted by Gasteiger charge is -1.93. The molecule has 4 nitrogen and oxygen atoms in total. The molecule has 1 atom stereocenters. The van der Waals surface area contributed by atoms with Crippen molar-refractivity contribution >= 4 is 6.21 Å². The summed E-state index contributed by atoms with van der Waals surface area (Å²) in [5, 5.41) is 13.6. The Bertz CT molecular complexity index is 227. The summed E-state index contributed by atoms with van der Waals surface area (Å²) in [7, 11) is 0. The summed E-state index contributed by atoms with van der Waals surface area (Å²) in [4.78, 5) is 4.06. The molecule has 54 valence electrons. The van der Waals surface area contributed by atoms with Crippen molar-refractivity contribution in [3.05, 3.63) is 11.6 Å². The molecule has 10 heavy (non-hydrogen) atoms. The lowest BCUT2D eigenvalue weighted by molar-refractivity contribution is 0.894. The van der Waals surface area contributed by atoms with Gasteiger partial charge < -0.3 is 5.41 Å². The van der Waals surface area contributed by atoms with Crippen LogP contribution in [0.2, 0.25) is 0 Å². The Hall–Kier alpha value is -1.19. The van der Waals surface area contributed by atoms with Crippen LogP contribution in [0.1, 0.15) is 24.5 Å². The van der Waals surface area contributed by atoms with Gasteiger partial charge in [-0.25, -0.2) is 4.98 Å². The Kier molecular flexibility index (Phi) is 1.80. The maximum Gasteiger partial charge on any atom is 0.158 e. The molecule has 0 aromatic carbocycles. The first-order valence-corrected chi connectivity index (χ1v) is 3.13. The maximum absolute atomic E-state index is 6.94. The van der Waals surface area contributed by atoms with E-state index in [1.165, 1.54) is 6.21 Å².